The summed E-state index contributed by atoms with van der Waals surface area (Å²) < 4.78 is 28.5. The van der Waals surface area contributed by atoms with Crippen LogP contribution in [0, 0.1) is 0 Å². The molecule has 1 aliphatic rings. The summed E-state index contributed by atoms with van der Waals surface area (Å²) in [6.45, 7) is 1.46. The van der Waals surface area contributed by atoms with Crippen LogP contribution in [0.4, 0.5) is 4.79 Å². The van der Waals surface area contributed by atoms with E-state index in [0.717, 1.165) is 35.7 Å². The lowest BCUT2D eigenvalue weighted by atomic mass is 10.2. The zero-order valence-corrected chi connectivity index (χ0v) is 17.4. The fourth-order valence-electron chi connectivity index (χ4n) is 3.59. The second-order valence-electron chi connectivity index (χ2n) is 7.16. The molecule has 0 radical (unpaired) electrons. The first-order chi connectivity index (χ1) is 13.9. The number of amides is 1. The van der Waals surface area contributed by atoms with Gasteiger partial charge in [-0.1, -0.05) is 30.2 Å². The number of sulfonamides is 1. The van der Waals surface area contributed by atoms with Crippen molar-refractivity contribution in [1.82, 2.24) is 14.2 Å². The first-order valence-corrected chi connectivity index (χ1v) is 11.4. The van der Waals surface area contributed by atoms with Gasteiger partial charge in [0.15, 0.2) is 0 Å². The minimum absolute atomic E-state index is 0.257. The fraction of sp³-hybridized carbons (Fsp3) is 0.286. The van der Waals surface area contributed by atoms with Crippen molar-refractivity contribution in [2.45, 2.75) is 30.7 Å². The van der Waals surface area contributed by atoms with Crippen molar-refractivity contribution >= 4 is 38.6 Å². The molecule has 1 aliphatic heterocycles. The number of rotatable bonds is 4. The Morgan fingerprint density at radius 1 is 1.00 bits per heavy atom. The Kier molecular flexibility index (Phi) is 5.63. The van der Waals surface area contributed by atoms with Gasteiger partial charge in [0.1, 0.15) is 0 Å². The lowest BCUT2D eigenvalue weighted by Crippen LogP contribution is -2.35. The molecule has 152 valence electrons. The van der Waals surface area contributed by atoms with E-state index >= 15 is 0 Å². The molecule has 1 saturated heterocycles. The molecular weight excluding hydrogens is 410 g/mol. The number of aromatic nitrogens is 1. The van der Waals surface area contributed by atoms with Crippen molar-refractivity contribution in [3.63, 3.8) is 0 Å². The number of carbonyl (C=O) groups excluding carboxylic acids is 1. The minimum Gasteiger partial charge on any atom is -0.333 e. The van der Waals surface area contributed by atoms with Gasteiger partial charge in [0.2, 0.25) is 10.0 Å². The Balaban J connectivity index is 1.43. The highest BCUT2D eigenvalue weighted by Crippen LogP contribution is 2.22. The molecule has 1 N–H and O–H groups in total. The van der Waals surface area contributed by atoms with Crippen molar-refractivity contribution in [3.05, 3.63) is 65.3 Å². The largest absolute Gasteiger partial charge is 0.333 e. The zero-order chi connectivity index (χ0) is 20.4. The molecule has 4 rings (SSSR count). The van der Waals surface area contributed by atoms with Crippen molar-refractivity contribution < 1.29 is 13.2 Å². The van der Waals surface area contributed by atoms with Crippen LogP contribution in [0.1, 0.15) is 24.8 Å². The highest BCUT2D eigenvalue weighted by Gasteiger charge is 2.25. The minimum atomic E-state index is -3.44. The van der Waals surface area contributed by atoms with E-state index in [1.807, 2.05) is 12.1 Å². The highest BCUT2D eigenvalue weighted by atomic mass is 35.5. The smallest absolute Gasteiger partial charge is 0.326 e. The van der Waals surface area contributed by atoms with Crippen LogP contribution in [0.3, 0.4) is 0 Å². The molecule has 0 spiro atoms. The van der Waals surface area contributed by atoms with E-state index < -0.39 is 10.0 Å². The summed E-state index contributed by atoms with van der Waals surface area (Å²) in [5, 5.41) is 4.37. The second kappa shape index (κ2) is 8.18. The SMILES string of the molecule is O=C(NCc1ccc(S(=O)(=O)N2CCCCC2)cc1)n1ccc2cc(Cl)ccc21. The third-order valence-corrected chi connectivity index (χ3v) is 7.34. The number of nitrogens with one attached hydrogen (secondary N) is 1. The molecule has 0 saturated carbocycles. The van der Waals surface area contributed by atoms with Crippen LogP contribution in [0.5, 0.6) is 0 Å². The summed E-state index contributed by atoms with van der Waals surface area (Å²) in [5.74, 6) is 0. The Labute approximate surface area is 175 Å². The number of hydrogen-bond acceptors (Lipinski definition) is 3. The van der Waals surface area contributed by atoms with Crippen LogP contribution in [0.2, 0.25) is 5.02 Å². The van der Waals surface area contributed by atoms with E-state index in [2.05, 4.69) is 5.32 Å². The van der Waals surface area contributed by atoms with Crippen molar-refractivity contribution in [1.29, 1.82) is 0 Å². The van der Waals surface area contributed by atoms with Crippen LogP contribution >= 0.6 is 11.6 Å². The number of piperidine rings is 1. The van der Waals surface area contributed by atoms with E-state index in [1.165, 1.54) is 4.57 Å². The standard InChI is InChI=1S/C21H22ClN3O3S/c22-18-6-9-20-17(14-18)10-13-25(20)21(26)23-15-16-4-7-19(8-5-16)29(27,28)24-11-2-1-3-12-24/h4-10,13-14H,1-3,11-12,15H2,(H,23,26). The van der Waals surface area contributed by atoms with E-state index in [-0.39, 0.29) is 6.03 Å². The molecule has 0 aliphatic carbocycles. The van der Waals surface area contributed by atoms with Gasteiger partial charge in [-0.25, -0.2) is 13.2 Å². The molecule has 0 atom stereocenters. The Morgan fingerprint density at radius 2 is 1.72 bits per heavy atom. The van der Waals surface area contributed by atoms with Gasteiger partial charge in [-0.2, -0.15) is 4.31 Å². The number of nitrogens with zero attached hydrogens (tertiary/aromatic N) is 2. The van der Waals surface area contributed by atoms with E-state index in [9.17, 15) is 13.2 Å². The molecule has 1 aromatic heterocycles. The third kappa shape index (κ3) is 4.17. The van der Waals surface area contributed by atoms with Crippen molar-refractivity contribution in [2.75, 3.05) is 13.1 Å². The lowest BCUT2D eigenvalue weighted by Gasteiger charge is -2.25. The van der Waals surface area contributed by atoms with E-state index in [0.29, 0.717) is 29.6 Å². The van der Waals surface area contributed by atoms with Crippen LogP contribution in [0.25, 0.3) is 10.9 Å². The molecule has 0 unspecified atom stereocenters. The molecule has 3 aromatic rings. The average molecular weight is 432 g/mol. The van der Waals surface area contributed by atoms with Gasteiger partial charge in [0, 0.05) is 36.2 Å². The van der Waals surface area contributed by atoms with Gasteiger partial charge >= 0.3 is 6.03 Å². The first kappa shape index (κ1) is 19.9. The number of carbonyl (C=O) groups is 1. The molecule has 2 heterocycles. The Hall–Kier alpha value is -2.35. The molecular formula is C21H22ClN3O3S. The highest BCUT2D eigenvalue weighted by molar-refractivity contribution is 7.89. The molecule has 29 heavy (non-hydrogen) atoms. The van der Waals surface area contributed by atoms with Crippen LogP contribution in [0.15, 0.2) is 59.6 Å². The summed E-state index contributed by atoms with van der Waals surface area (Å²) in [4.78, 5) is 12.8. The summed E-state index contributed by atoms with van der Waals surface area (Å²) in [5.41, 5.74) is 1.60. The van der Waals surface area contributed by atoms with Crippen molar-refractivity contribution in [3.8, 4) is 0 Å². The Bertz CT molecular complexity index is 1130. The van der Waals surface area contributed by atoms with E-state index in [4.69, 9.17) is 11.6 Å². The van der Waals surface area contributed by atoms with Crippen LogP contribution in [-0.2, 0) is 16.6 Å². The number of hydrogen-bond donors (Lipinski definition) is 1. The maximum Gasteiger partial charge on any atom is 0.326 e. The van der Waals surface area contributed by atoms with Crippen molar-refractivity contribution in [2.24, 2.45) is 0 Å². The van der Waals surface area contributed by atoms with Gasteiger partial charge in [0.25, 0.3) is 0 Å². The summed E-state index contributed by atoms with van der Waals surface area (Å²) in [6, 6.07) is 13.6. The van der Waals surface area contributed by atoms with Gasteiger partial charge in [-0.15, -0.1) is 0 Å². The third-order valence-electron chi connectivity index (χ3n) is 5.19. The zero-order valence-electron chi connectivity index (χ0n) is 15.8. The molecule has 8 heteroatoms. The van der Waals surface area contributed by atoms with Gasteiger partial charge < -0.3 is 5.32 Å². The monoisotopic (exact) mass is 431 g/mol. The van der Waals surface area contributed by atoms with Crippen LogP contribution < -0.4 is 5.32 Å². The fourth-order valence-corrected chi connectivity index (χ4v) is 5.28. The first-order valence-electron chi connectivity index (χ1n) is 9.59. The molecule has 2 aromatic carbocycles. The number of benzene rings is 2. The molecule has 0 bridgehead atoms. The lowest BCUT2D eigenvalue weighted by molar-refractivity contribution is 0.243. The predicted molar refractivity (Wildman–Crippen MR) is 114 cm³/mol. The molecule has 6 nitrogen and oxygen atoms in total. The summed E-state index contributed by atoms with van der Waals surface area (Å²) in [7, 11) is -3.44. The number of halogens is 1. The van der Waals surface area contributed by atoms with Gasteiger partial charge in [-0.05, 0) is 54.8 Å². The molecule has 1 amide bonds. The average Bonchev–Trinajstić information content (AvgIpc) is 3.16. The topological polar surface area (TPSA) is 71.4 Å². The van der Waals surface area contributed by atoms with Gasteiger partial charge in [0.05, 0.1) is 10.4 Å². The summed E-state index contributed by atoms with van der Waals surface area (Å²) >= 11 is 5.99. The van der Waals surface area contributed by atoms with Gasteiger partial charge in [-0.3, -0.25) is 4.57 Å². The normalized spacial score (nSPS) is 15.5. The molecule has 1 fully saturated rings. The summed E-state index contributed by atoms with van der Waals surface area (Å²) in [6.07, 6.45) is 4.59. The maximum absolute atomic E-state index is 12.7. The predicted octanol–water partition coefficient (Wildman–Crippen LogP) is 4.23. The maximum atomic E-state index is 12.7. The van der Waals surface area contributed by atoms with E-state index in [1.54, 1.807) is 46.9 Å². The second-order valence-corrected chi connectivity index (χ2v) is 9.53. The van der Waals surface area contributed by atoms with Crippen LogP contribution in [-0.4, -0.2) is 36.4 Å². The Morgan fingerprint density at radius 3 is 2.45 bits per heavy atom. The number of fused-ring (bicyclic) bond motifs is 1. The quantitative estimate of drug-likeness (QED) is 0.672.